The van der Waals surface area contributed by atoms with Crippen molar-refractivity contribution in [1.29, 1.82) is 0 Å². The Balaban J connectivity index is 1.47. The fourth-order valence-electron chi connectivity index (χ4n) is 3.74. The van der Waals surface area contributed by atoms with Crippen LogP contribution in [0.2, 0.25) is 0 Å². The van der Waals surface area contributed by atoms with Gasteiger partial charge in [-0.1, -0.05) is 58.4 Å². The number of rotatable bonds is 5. The number of aromatic nitrogens is 1. The monoisotopic (exact) mass is 459 g/mol. The zero-order valence-electron chi connectivity index (χ0n) is 16.9. The third kappa shape index (κ3) is 4.21. The van der Waals surface area contributed by atoms with Crippen molar-refractivity contribution in [3.05, 3.63) is 99.8 Å². The molecule has 0 aliphatic rings. The summed E-state index contributed by atoms with van der Waals surface area (Å²) in [7, 11) is 0. The third-order valence-electron chi connectivity index (χ3n) is 5.18. The Morgan fingerprint density at radius 3 is 2.57 bits per heavy atom. The first kappa shape index (κ1) is 20.1. The van der Waals surface area contributed by atoms with Gasteiger partial charge in [-0.3, -0.25) is 4.79 Å². The van der Waals surface area contributed by atoms with Gasteiger partial charge >= 0.3 is 0 Å². The van der Waals surface area contributed by atoms with E-state index in [2.05, 4.69) is 68.3 Å². The van der Waals surface area contributed by atoms with E-state index in [4.69, 9.17) is 0 Å². The SMILES string of the molecule is Cc1cc(C=NNC(=O)Cc2cccc3ccccc23)c(C)n1-c1ccc(Br)cc1. The van der Waals surface area contributed by atoms with Gasteiger partial charge in [0.05, 0.1) is 12.6 Å². The molecule has 4 nitrogen and oxygen atoms in total. The number of hydrogen-bond donors (Lipinski definition) is 1. The predicted octanol–water partition coefficient (Wildman–Crippen LogP) is 5.70. The number of halogens is 1. The van der Waals surface area contributed by atoms with Gasteiger partial charge in [-0.2, -0.15) is 5.10 Å². The van der Waals surface area contributed by atoms with Crippen LogP contribution in [0.25, 0.3) is 16.5 Å². The fraction of sp³-hybridized carbons (Fsp3) is 0.120. The maximum atomic E-state index is 12.4. The van der Waals surface area contributed by atoms with Gasteiger partial charge in [0.25, 0.3) is 0 Å². The molecule has 0 atom stereocenters. The predicted molar refractivity (Wildman–Crippen MR) is 126 cm³/mol. The lowest BCUT2D eigenvalue weighted by Crippen LogP contribution is -2.19. The Labute approximate surface area is 184 Å². The van der Waals surface area contributed by atoms with Gasteiger partial charge in [-0.15, -0.1) is 0 Å². The smallest absolute Gasteiger partial charge is 0.244 e. The van der Waals surface area contributed by atoms with Crippen molar-refractivity contribution >= 4 is 38.8 Å². The minimum absolute atomic E-state index is 0.135. The first-order valence-corrected chi connectivity index (χ1v) is 10.6. The van der Waals surface area contributed by atoms with E-state index >= 15 is 0 Å². The Kier molecular flexibility index (Phi) is 5.81. The van der Waals surface area contributed by atoms with Crippen LogP contribution in [0.3, 0.4) is 0 Å². The molecule has 1 aromatic heterocycles. The first-order valence-electron chi connectivity index (χ1n) is 9.76. The summed E-state index contributed by atoms with van der Waals surface area (Å²) in [5.41, 5.74) is 7.90. The molecule has 1 N–H and O–H groups in total. The number of amides is 1. The number of hydrogen-bond acceptors (Lipinski definition) is 2. The van der Waals surface area contributed by atoms with E-state index in [0.717, 1.165) is 43.4 Å². The highest BCUT2D eigenvalue weighted by molar-refractivity contribution is 9.10. The molecule has 0 aliphatic carbocycles. The summed E-state index contributed by atoms with van der Waals surface area (Å²) in [6.07, 6.45) is 2.00. The van der Waals surface area contributed by atoms with Crippen molar-refractivity contribution < 1.29 is 4.79 Å². The molecule has 0 saturated carbocycles. The maximum absolute atomic E-state index is 12.4. The number of nitrogens with zero attached hydrogens (tertiary/aromatic N) is 2. The molecule has 0 radical (unpaired) electrons. The molecule has 5 heteroatoms. The molecule has 30 heavy (non-hydrogen) atoms. The largest absolute Gasteiger partial charge is 0.318 e. The van der Waals surface area contributed by atoms with E-state index in [0.29, 0.717) is 0 Å². The second-order valence-electron chi connectivity index (χ2n) is 7.25. The van der Waals surface area contributed by atoms with Gasteiger partial charge in [0.2, 0.25) is 5.91 Å². The van der Waals surface area contributed by atoms with E-state index in [1.165, 1.54) is 0 Å². The second-order valence-corrected chi connectivity index (χ2v) is 8.16. The molecule has 0 spiro atoms. The van der Waals surface area contributed by atoms with E-state index in [1.807, 2.05) is 49.4 Å². The molecule has 4 aromatic rings. The topological polar surface area (TPSA) is 46.4 Å². The Morgan fingerprint density at radius 1 is 1.03 bits per heavy atom. The molecular weight excluding hydrogens is 438 g/mol. The summed E-state index contributed by atoms with van der Waals surface area (Å²) in [5, 5.41) is 6.42. The number of carbonyl (C=O) groups excluding carboxylic acids is 1. The van der Waals surface area contributed by atoms with Crippen molar-refractivity contribution in [3.63, 3.8) is 0 Å². The van der Waals surface area contributed by atoms with Crippen molar-refractivity contribution in [1.82, 2.24) is 9.99 Å². The Morgan fingerprint density at radius 2 is 1.77 bits per heavy atom. The summed E-state index contributed by atoms with van der Waals surface area (Å²) in [4.78, 5) is 12.4. The molecule has 0 unspecified atom stereocenters. The summed E-state index contributed by atoms with van der Waals surface area (Å²) in [5.74, 6) is -0.135. The molecular formula is C25H22BrN3O. The van der Waals surface area contributed by atoms with Crippen LogP contribution < -0.4 is 5.43 Å². The molecule has 0 fully saturated rings. The summed E-state index contributed by atoms with van der Waals surface area (Å²) >= 11 is 3.47. The maximum Gasteiger partial charge on any atom is 0.244 e. The van der Waals surface area contributed by atoms with Gasteiger partial charge in [0, 0.05) is 27.1 Å². The summed E-state index contributed by atoms with van der Waals surface area (Å²) in [6, 6.07) is 24.3. The molecule has 0 aliphatic heterocycles. The van der Waals surface area contributed by atoms with Gasteiger partial charge in [-0.25, -0.2) is 5.43 Å². The van der Waals surface area contributed by atoms with Crippen LogP contribution in [0.5, 0.6) is 0 Å². The number of aryl methyl sites for hydroxylation is 1. The standard InChI is InChI=1S/C25H22BrN3O/c1-17-14-21(18(2)29(17)23-12-10-22(26)11-13-23)16-27-28-25(30)15-20-8-5-7-19-6-3-4-9-24(19)20/h3-14,16H,15H2,1-2H3,(H,28,30). The van der Waals surface area contributed by atoms with Crippen LogP contribution in [0.1, 0.15) is 22.5 Å². The van der Waals surface area contributed by atoms with Gasteiger partial charge < -0.3 is 4.57 Å². The van der Waals surface area contributed by atoms with Crippen molar-refractivity contribution in [2.75, 3.05) is 0 Å². The fourth-order valence-corrected chi connectivity index (χ4v) is 4.00. The van der Waals surface area contributed by atoms with E-state index in [9.17, 15) is 4.79 Å². The van der Waals surface area contributed by atoms with Crippen molar-refractivity contribution in [3.8, 4) is 5.69 Å². The van der Waals surface area contributed by atoms with Gasteiger partial charge in [0.1, 0.15) is 0 Å². The van der Waals surface area contributed by atoms with Crippen LogP contribution in [0, 0.1) is 13.8 Å². The highest BCUT2D eigenvalue weighted by atomic mass is 79.9. The normalized spacial score (nSPS) is 11.3. The Hall–Kier alpha value is -3.18. The minimum atomic E-state index is -0.135. The zero-order valence-corrected chi connectivity index (χ0v) is 18.5. The third-order valence-corrected chi connectivity index (χ3v) is 5.71. The average Bonchev–Trinajstić information content (AvgIpc) is 3.02. The number of carbonyl (C=O) groups is 1. The summed E-state index contributed by atoms with van der Waals surface area (Å²) < 4.78 is 3.22. The highest BCUT2D eigenvalue weighted by Crippen LogP contribution is 2.22. The minimum Gasteiger partial charge on any atom is -0.318 e. The first-order chi connectivity index (χ1) is 14.5. The van der Waals surface area contributed by atoms with Crippen LogP contribution in [0.4, 0.5) is 0 Å². The molecule has 0 bridgehead atoms. The molecule has 0 saturated heterocycles. The number of hydrazone groups is 1. The molecule has 1 amide bonds. The summed E-state index contributed by atoms with van der Waals surface area (Å²) in [6.45, 7) is 4.11. The molecule has 4 rings (SSSR count). The lowest BCUT2D eigenvalue weighted by Gasteiger charge is -2.09. The Bertz CT molecular complexity index is 1230. The van der Waals surface area contributed by atoms with Crippen molar-refractivity contribution in [2.45, 2.75) is 20.3 Å². The molecule has 1 heterocycles. The lowest BCUT2D eigenvalue weighted by atomic mass is 10.0. The molecule has 3 aromatic carbocycles. The van der Waals surface area contributed by atoms with Gasteiger partial charge in [0.15, 0.2) is 0 Å². The second kappa shape index (κ2) is 8.67. The average molecular weight is 460 g/mol. The van der Waals surface area contributed by atoms with Crippen LogP contribution >= 0.6 is 15.9 Å². The van der Waals surface area contributed by atoms with E-state index < -0.39 is 0 Å². The number of nitrogens with one attached hydrogen (secondary N) is 1. The number of fused-ring (bicyclic) bond motifs is 1. The highest BCUT2D eigenvalue weighted by Gasteiger charge is 2.10. The van der Waals surface area contributed by atoms with Crippen LogP contribution in [-0.2, 0) is 11.2 Å². The number of benzene rings is 3. The van der Waals surface area contributed by atoms with Gasteiger partial charge in [-0.05, 0) is 60.5 Å². The lowest BCUT2D eigenvalue weighted by molar-refractivity contribution is -0.120. The quantitative estimate of drug-likeness (QED) is 0.301. The van der Waals surface area contributed by atoms with Crippen LogP contribution in [-0.4, -0.2) is 16.7 Å². The van der Waals surface area contributed by atoms with Crippen LogP contribution in [0.15, 0.2) is 82.4 Å². The van der Waals surface area contributed by atoms with E-state index in [-0.39, 0.29) is 12.3 Å². The molecule has 150 valence electrons. The van der Waals surface area contributed by atoms with Crippen molar-refractivity contribution in [2.24, 2.45) is 5.10 Å². The zero-order chi connectivity index (χ0) is 21.1. The van der Waals surface area contributed by atoms with E-state index in [1.54, 1.807) is 6.21 Å².